The molecule has 1 aromatic rings. The zero-order valence-corrected chi connectivity index (χ0v) is 19.3. The Kier molecular flexibility index (Phi) is 10.1. The molecule has 0 fully saturated rings. The Morgan fingerprint density at radius 2 is 1.56 bits per heavy atom. The highest BCUT2D eigenvalue weighted by molar-refractivity contribution is 7.87. The van der Waals surface area contributed by atoms with Crippen LogP contribution in [0.2, 0.25) is 0 Å². The number of halogens is 7. The molecule has 1 unspecified atom stereocenters. The molecular weight excluding hydrogens is 533 g/mol. The second kappa shape index (κ2) is 11.6. The van der Waals surface area contributed by atoms with E-state index in [1.807, 2.05) is 0 Å². The minimum Gasteiger partial charge on any atom is -0.456 e. The maximum atomic E-state index is 13.9. The summed E-state index contributed by atoms with van der Waals surface area (Å²) in [6.45, 7) is 2.08. The zero-order valence-electron chi connectivity index (χ0n) is 18.5. The van der Waals surface area contributed by atoms with Crippen molar-refractivity contribution in [2.45, 2.75) is 55.9 Å². The topological polar surface area (TPSA) is 116 Å². The van der Waals surface area contributed by atoms with Crippen LogP contribution in [0, 0.1) is 0 Å². The molecule has 1 atom stereocenters. The third-order valence-electron chi connectivity index (χ3n) is 4.38. The highest BCUT2D eigenvalue weighted by atomic mass is 32.2. The van der Waals surface area contributed by atoms with Gasteiger partial charge in [-0.2, -0.15) is 39.2 Å². The van der Waals surface area contributed by atoms with Crippen molar-refractivity contribution in [3.8, 4) is 0 Å². The van der Waals surface area contributed by atoms with E-state index in [9.17, 15) is 48.7 Å². The Morgan fingerprint density at radius 3 is 2.03 bits per heavy atom. The van der Waals surface area contributed by atoms with E-state index < -0.39 is 83.2 Å². The van der Waals surface area contributed by atoms with Crippen molar-refractivity contribution in [1.29, 1.82) is 0 Å². The Labute approximate surface area is 200 Å². The minimum atomic E-state index is -6.50. The molecule has 204 valence electrons. The summed E-state index contributed by atoms with van der Waals surface area (Å²) in [5, 5.41) is -5.87. The number of hydrogen-bond donors (Lipinski definition) is 1. The number of esters is 2. The van der Waals surface area contributed by atoms with Crippen molar-refractivity contribution in [3.63, 3.8) is 0 Å². The molecule has 1 aromatic carbocycles. The zero-order chi connectivity index (χ0) is 28.0. The molecule has 0 heterocycles. The molecule has 1 rings (SSSR count). The lowest BCUT2D eigenvalue weighted by molar-refractivity contribution is -0.355. The normalized spacial score (nSPS) is 14.6. The van der Waals surface area contributed by atoms with E-state index in [1.165, 1.54) is 24.3 Å². The van der Waals surface area contributed by atoms with Crippen LogP contribution in [0.25, 0.3) is 0 Å². The van der Waals surface area contributed by atoms with E-state index in [4.69, 9.17) is 4.55 Å². The van der Waals surface area contributed by atoms with Gasteiger partial charge in [-0.05, 0) is 25.3 Å². The molecule has 0 bridgehead atoms. The predicted octanol–water partition coefficient (Wildman–Crippen LogP) is 4.41. The number of unbranched alkanes of at least 4 members (excludes halogenated alkanes) is 1. The fourth-order valence-electron chi connectivity index (χ4n) is 2.42. The largest absolute Gasteiger partial charge is 0.468 e. The fraction of sp³-hybridized carbons (Fsp3) is 0.500. The molecule has 0 aliphatic rings. The molecule has 36 heavy (non-hydrogen) atoms. The van der Waals surface area contributed by atoms with Crippen molar-refractivity contribution in [2.24, 2.45) is 0 Å². The monoisotopic (exact) mass is 554 g/mol. The second-order valence-corrected chi connectivity index (χ2v) is 8.81. The van der Waals surface area contributed by atoms with Crippen LogP contribution in [0.1, 0.15) is 31.7 Å². The van der Waals surface area contributed by atoms with Crippen LogP contribution in [-0.4, -0.2) is 54.7 Å². The van der Waals surface area contributed by atoms with Gasteiger partial charge >= 0.3 is 45.2 Å². The number of benzene rings is 1. The second-order valence-electron chi connectivity index (χ2n) is 7.35. The van der Waals surface area contributed by atoms with E-state index in [0.717, 1.165) is 6.92 Å². The molecule has 1 N–H and O–H groups in total. The van der Waals surface area contributed by atoms with Crippen LogP contribution in [0.4, 0.5) is 30.7 Å². The van der Waals surface area contributed by atoms with Gasteiger partial charge in [-0.3, -0.25) is 4.55 Å². The first-order chi connectivity index (χ1) is 16.3. The number of carbonyl (C=O) groups excluding carboxylic acids is 2. The standard InChI is InChI=1S/C20H21F7O8S/c1-13(2)15(28)35-18(19(23,24)25,16(29)33-12-14-8-4-3-5-9-14)34-11-7-6-10-17(21,22)20(26,27)36(30,31)32/h3-5,8-9H,1,6-7,10-12H2,2H3,(H,30,31,32). The molecule has 16 heteroatoms. The highest BCUT2D eigenvalue weighted by Gasteiger charge is 2.68. The minimum absolute atomic E-state index is 0.246. The summed E-state index contributed by atoms with van der Waals surface area (Å²) < 4.78 is 138. The molecule has 0 saturated heterocycles. The lowest BCUT2D eigenvalue weighted by Crippen LogP contribution is -2.58. The lowest BCUT2D eigenvalue weighted by Gasteiger charge is -2.32. The summed E-state index contributed by atoms with van der Waals surface area (Å²) in [4.78, 5) is 24.3. The van der Waals surface area contributed by atoms with Crippen molar-refractivity contribution >= 4 is 22.1 Å². The fourth-order valence-corrected chi connectivity index (χ4v) is 2.90. The average molecular weight is 554 g/mol. The summed E-state index contributed by atoms with van der Waals surface area (Å²) in [5.41, 5.74) is -0.328. The Morgan fingerprint density at radius 1 is 1.00 bits per heavy atom. The van der Waals surface area contributed by atoms with Crippen LogP contribution in [0.15, 0.2) is 42.5 Å². The Balaban J connectivity index is 3.04. The van der Waals surface area contributed by atoms with Gasteiger partial charge in [0.2, 0.25) is 0 Å². The number of ether oxygens (including phenoxy) is 3. The first-order valence-electron chi connectivity index (χ1n) is 9.82. The summed E-state index contributed by atoms with van der Waals surface area (Å²) >= 11 is 0. The first-order valence-corrected chi connectivity index (χ1v) is 11.3. The number of alkyl halides is 7. The molecule has 0 aliphatic carbocycles. The third kappa shape index (κ3) is 7.39. The van der Waals surface area contributed by atoms with Crippen LogP contribution in [-0.2, 0) is 40.5 Å². The highest BCUT2D eigenvalue weighted by Crippen LogP contribution is 2.42. The maximum absolute atomic E-state index is 13.9. The number of rotatable bonds is 13. The smallest absolute Gasteiger partial charge is 0.456 e. The summed E-state index contributed by atoms with van der Waals surface area (Å²) in [7, 11) is -6.50. The quantitative estimate of drug-likeness (QED) is 0.0952. The van der Waals surface area contributed by atoms with Gasteiger partial charge in [0, 0.05) is 12.0 Å². The number of hydrogen-bond acceptors (Lipinski definition) is 7. The molecule has 0 aliphatic heterocycles. The number of carbonyl (C=O) groups is 2. The van der Waals surface area contributed by atoms with Crippen molar-refractivity contribution in [3.05, 3.63) is 48.0 Å². The summed E-state index contributed by atoms with van der Waals surface area (Å²) in [5.74, 6) is -13.6. The first kappa shape index (κ1) is 31.3. The van der Waals surface area contributed by atoms with E-state index in [2.05, 4.69) is 20.8 Å². The molecule has 0 amide bonds. The van der Waals surface area contributed by atoms with Crippen LogP contribution < -0.4 is 0 Å². The average Bonchev–Trinajstić information content (AvgIpc) is 2.75. The van der Waals surface area contributed by atoms with Gasteiger partial charge in [-0.15, -0.1) is 0 Å². The maximum Gasteiger partial charge on any atom is 0.468 e. The van der Waals surface area contributed by atoms with E-state index in [1.54, 1.807) is 6.07 Å². The summed E-state index contributed by atoms with van der Waals surface area (Å²) in [6.07, 6.45) is -9.58. The molecule has 0 saturated carbocycles. The van der Waals surface area contributed by atoms with E-state index >= 15 is 0 Å². The van der Waals surface area contributed by atoms with Gasteiger partial charge < -0.3 is 14.2 Å². The van der Waals surface area contributed by atoms with Gasteiger partial charge in [-0.25, -0.2) is 9.59 Å². The van der Waals surface area contributed by atoms with Gasteiger partial charge in [-0.1, -0.05) is 36.9 Å². The molecule has 0 spiro atoms. The molecule has 0 aromatic heterocycles. The van der Waals surface area contributed by atoms with Crippen LogP contribution >= 0.6 is 0 Å². The van der Waals surface area contributed by atoms with Crippen LogP contribution in [0.3, 0.4) is 0 Å². The summed E-state index contributed by atoms with van der Waals surface area (Å²) in [6, 6.07) is 7.33. The molecular formula is C20H21F7O8S. The Bertz CT molecular complexity index is 1040. The van der Waals surface area contributed by atoms with Gasteiger partial charge in [0.1, 0.15) is 6.61 Å². The van der Waals surface area contributed by atoms with Crippen LogP contribution in [0.5, 0.6) is 0 Å². The van der Waals surface area contributed by atoms with E-state index in [0.29, 0.717) is 0 Å². The predicted molar refractivity (Wildman–Crippen MR) is 107 cm³/mol. The SMILES string of the molecule is C=C(C)C(=O)OC(OCCCCC(F)(F)C(F)(F)S(=O)(=O)O)(C(=O)OCc1ccccc1)C(F)(F)F. The van der Waals surface area contributed by atoms with Gasteiger partial charge in [0.25, 0.3) is 0 Å². The van der Waals surface area contributed by atoms with E-state index in [-0.39, 0.29) is 5.56 Å². The lowest BCUT2D eigenvalue weighted by atomic mass is 10.1. The van der Waals surface area contributed by atoms with Gasteiger partial charge in [0.05, 0.1) is 6.61 Å². The molecule has 0 radical (unpaired) electrons. The van der Waals surface area contributed by atoms with Crippen molar-refractivity contribution < 1.29 is 67.5 Å². The van der Waals surface area contributed by atoms with Gasteiger partial charge in [0.15, 0.2) is 0 Å². The van der Waals surface area contributed by atoms with Crippen molar-refractivity contribution in [2.75, 3.05) is 6.61 Å². The van der Waals surface area contributed by atoms with Crippen molar-refractivity contribution in [1.82, 2.24) is 0 Å². The third-order valence-corrected chi connectivity index (χ3v) is 5.33. The Hall–Kier alpha value is -2.72. The molecule has 8 nitrogen and oxygen atoms in total.